The highest BCUT2D eigenvalue weighted by atomic mass is 35.5. The molecule has 27 heavy (non-hydrogen) atoms. The average molecular weight is 418 g/mol. The largest absolute Gasteiger partial charge is 0.481 e. The van der Waals surface area contributed by atoms with Crippen molar-refractivity contribution in [3.8, 4) is 0 Å². The van der Waals surface area contributed by atoms with Crippen LogP contribution in [0.3, 0.4) is 0 Å². The van der Waals surface area contributed by atoms with Crippen LogP contribution in [0.2, 0.25) is 10.0 Å². The molecule has 5 nitrogen and oxygen atoms in total. The van der Waals surface area contributed by atoms with Crippen molar-refractivity contribution in [2.75, 3.05) is 0 Å². The molecule has 152 valence electrons. The van der Waals surface area contributed by atoms with Gasteiger partial charge in [0, 0.05) is 13.0 Å². The molecule has 1 heterocycles. The number of unbranched alkanes of at least 4 members (excludes halogenated alkanes) is 5. The number of aliphatic hydroxyl groups is 1. The van der Waals surface area contributed by atoms with Gasteiger partial charge in [0.2, 0.25) is 0 Å². The Hall–Kier alpha value is -1.30. The molecule has 0 fully saturated rings. The summed E-state index contributed by atoms with van der Waals surface area (Å²) in [5, 5.41) is 19.1. The van der Waals surface area contributed by atoms with E-state index < -0.39 is 12.1 Å². The maximum Gasteiger partial charge on any atom is 0.303 e. The van der Waals surface area contributed by atoms with E-state index in [-0.39, 0.29) is 17.0 Å². The molecular formula is C20H29Cl2NO4. The quantitative estimate of drug-likeness (QED) is 0.435. The van der Waals surface area contributed by atoms with E-state index in [1.165, 1.54) is 10.6 Å². The van der Waals surface area contributed by atoms with Crippen LogP contribution < -0.4 is 5.56 Å². The summed E-state index contributed by atoms with van der Waals surface area (Å²) in [6.07, 6.45) is 9.63. The van der Waals surface area contributed by atoms with Crippen molar-refractivity contribution in [1.29, 1.82) is 0 Å². The van der Waals surface area contributed by atoms with E-state index in [2.05, 4.69) is 6.92 Å². The van der Waals surface area contributed by atoms with Crippen molar-refractivity contribution in [1.82, 2.24) is 4.57 Å². The fourth-order valence-electron chi connectivity index (χ4n) is 2.81. The molecule has 0 saturated heterocycles. The van der Waals surface area contributed by atoms with E-state index in [9.17, 15) is 14.7 Å². The number of halogens is 2. The zero-order chi connectivity index (χ0) is 20.2. The molecule has 0 aliphatic heterocycles. The van der Waals surface area contributed by atoms with Crippen LogP contribution in [-0.4, -0.2) is 26.9 Å². The molecule has 1 aromatic heterocycles. The lowest BCUT2D eigenvalue weighted by molar-refractivity contribution is -0.137. The molecule has 2 N–H and O–H groups in total. The van der Waals surface area contributed by atoms with E-state index in [0.29, 0.717) is 30.1 Å². The summed E-state index contributed by atoms with van der Waals surface area (Å²) in [6, 6.07) is 1.43. The molecule has 0 radical (unpaired) electrons. The number of carboxylic acids is 1. The monoisotopic (exact) mass is 417 g/mol. The lowest BCUT2D eigenvalue weighted by Crippen LogP contribution is -2.23. The maximum absolute atomic E-state index is 12.4. The molecule has 1 atom stereocenters. The Labute approximate surface area is 170 Å². The average Bonchev–Trinajstić information content (AvgIpc) is 2.61. The molecule has 1 aromatic rings. The van der Waals surface area contributed by atoms with Crippen molar-refractivity contribution in [3.63, 3.8) is 0 Å². The van der Waals surface area contributed by atoms with Gasteiger partial charge in [-0.15, -0.1) is 0 Å². The summed E-state index contributed by atoms with van der Waals surface area (Å²) in [7, 11) is 0. The summed E-state index contributed by atoms with van der Waals surface area (Å²) in [5.74, 6) is -0.794. The van der Waals surface area contributed by atoms with E-state index in [1.54, 1.807) is 12.2 Å². The third-order valence-corrected chi connectivity index (χ3v) is 4.91. The van der Waals surface area contributed by atoms with Crippen LogP contribution in [0.5, 0.6) is 0 Å². The van der Waals surface area contributed by atoms with Crippen molar-refractivity contribution >= 4 is 35.2 Å². The molecule has 0 aliphatic rings. The van der Waals surface area contributed by atoms with Crippen LogP contribution in [0.15, 0.2) is 16.9 Å². The van der Waals surface area contributed by atoms with Gasteiger partial charge in [-0.2, -0.15) is 0 Å². The molecule has 1 unspecified atom stereocenters. The van der Waals surface area contributed by atoms with E-state index in [1.807, 2.05) is 0 Å². The standard InChI is InChI=1S/C20H29Cl2NO4/c1-2-3-6-9-15(24)11-12-18-16(21)14-17(22)20(27)23(18)13-8-5-4-7-10-19(25)26/h11-12,14-15,24H,2-10,13H2,1H3,(H,25,26)/b12-11+. The minimum absolute atomic E-state index is 0.0616. The minimum Gasteiger partial charge on any atom is -0.481 e. The van der Waals surface area contributed by atoms with Gasteiger partial charge >= 0.3 is 5.97 Å². The number of nitrogens with zero attached hydrogens (tertiary/aromatic N) is 1. The zero-order valence-electron chi connectivity index (χ0n) is 15.8. The van der Waals surface area contributed by atoms with Crippen molar-refractivity contribution in [2.24, 2.45) is 0 Å². The van der Waals surface area contributed by atoms with Crippen LogP contribution in [0.25, 0.3) is 6.08 Å². The summed E-state index contributed by atoms with van der Waals surface area (Å²) in [4.78, 5) is 22.9. The molecule has 7 heteroatoms. The Bertz CT molecular complexity index is 685. The number of aliphatic hydroxyl groups excluding tert-OH is 1. The first-order valence-electron chi connectivity index (χ1n) is 9.53. The SMILES string of the molecule is CCCCCC(O)/C=C/c1c(Cl)cc(Cl)c(=O)n1CCCCCCC(=O)O. The van der Waals surface area contributed by atoms with E-state index in [4.69, 9.17) is 28.3 Å². The fourth-order valence-corrected chi connectivity index (χ4v) is 3.35. The Kier molecular flexibility index (Phi) is 11.4. The number of rotatable bonds is 13. The van der Waals surface area contributed by atoms with Crippen LogP contribution in [-0.2, 0) is 11.3 Å². The van der Waals surface area contributed by atoms with Gasteiger partial charge in [-0.1, -0.05) is 68.3 Å². The van der Waals surface area contributed by atoms with Gasteiger partial charge in [-0.3, -0.25) is 9.59 Å². The first-order chi connectivity index (χ1) is 12.9. The molecule has 0 bridgehead atoms. The number of aromatic nitrogens is 1. The topological polar surface area (TPSA) is 79.5 Å². The minimum atomic E-state index is -0.794. The molecular weight excluding hydrogens is 389 g/mol. The molecule has 0 aliphatic carbocycles. The van der Waals surface area contributed by atoms with Crippen molar-refractivity contribution < 1.29 is 15.0 Å². The van der Waals surface area contributed by atoms with Gasteiger partial charge in [0.15, 0.2) is 0 Å². The number of carboxylic acid groups (broad SMARTS) is 1. The highest BCUT2D eigenvalue weighted by Gasteiger charge is 2.11. The van der Waals surface area contributed by atoms with Gasteiger partial charge in [-0.25, -0.2) is 0 Å². The second kappa shape index (κ2) is 13.0. The fraction of sp³-hybridized carbons (Fsp3) is 0.600. The summed E-state index contributed by atoms with van der Waals surface area (Å²) < 4.78 is 1.52. The van der Waals surface area contributed by atoms with Crippen molar-refractivity contribution in [3.05, 3.63) is 38.2 Å². The summed E-state index contributed by atoms with van der Waals surface area (Å²) in [5.41, 5.74) is 0.220. The molecule has 0 spiro atoms. The summed E-state index contributed by atoms with van der Waals surface area (Å²) >= 11 is 12.3. The summed E-state index contributed by atoms with van der Waals surface area (Å²) in [6.45, 7) is 2.55. The van der Waals surface area contributed by atoms with Crippen LogP contribution in [0, 0.1) is 0 Å². The molecule has 0 aromatic carbocycles. The predicted molar refractivity (Wildman–Crippen MR) is 111 cm³/mol. The van der Waals surface area contributed by atoms with Crippen LogP contribution >= 0.6 is 23.2 Å². The molecule has 1 rings (SSSR count). The molecule has 0 saturated carbocycles. The van der Waals surface area contributed by atoms with E-state index in [0.717, 1.165) is 38.5 Å². The normalized spacial score (nSPS) is 12.6. The Morgan fingerprint density at radius 1 is 1.15 bits per heavy atom. The van der Waals surface area contributed by atoms with Crippen LogP contribution in [0.4, 0.5) is 0 Å². The number of hydrogen-bond acceptors (Lipinski definition) is 3. The number of aliphatic carboxylic acids is 1. The third-order valence-electron chi connectivity index (χ3n) is 4.34. The second-order valence-corrected chi connectivity index (χ2v) is 7.48. The van der Waals surface area contributed by atoms with Gasteiger partial charge in [0.05, 0.1) is 16.8 Å². The highest BCUT2D eigenvalue weighted by Crippen LogP contribution is 2.21. The molecule has 0 amide bonds. The number of pyridine rings is 1. The third kappa shape index (κ3) is 8.96. The highest BCUT2D eigenvalue weighted by molar-refractivity contribution is 6.35. The second-order valence-electron chi connectivity index (χ2n) is 6.66. The first-order valence-corrected chi connectivity index (χ1v) is 10.3. The Morgan fingerprint density at radius 2 is 1.85 bits per heavy atom. The van der Waals surface area contributed by atoms with Crippen molar-refractivity contribution in [2.45, 2.75) is 77.4 Å². The lowest BCUT2D eigenvalue weighted by Gasteiger charge is -2.13. The van der Waals surface area contributed by atoms with Crippen LogP contribution in [0.1, 0.15) is 70.4 Å². The van der Waals surface area contributed by atoms with Gasteiger partial charge in [0.1, 0.15) is 5.02 Å². The smallest absolute Gasteiger partial charge is 0.303 e. The first kappa shape index (κ1) is 23.7. The number of carbonyl (C=O) groups is 1. The van der Waals surface area contributed by atoms with E-state index >= 15 is 0 Å². The number of hydrogen-bond donors (Lipinski definition) is 2. The van der Waals surface area contributed by atoms with Gasteiger partial charge in [0.25, 0.3) is 5.56 Å². The maximum atomic E-state index is 12.4. The predicted octanol–water partition coefficient (Wildman–Crippen LogP) is 5.14. The zero-order valence-corrected chi connectivity index (χ0v) is 17.3. The van der Waals surface area contributed by atoms with Gasteiger partial charge < -0.3 is 14.8 Å². The Morgan fingerprint density at radius 3 is 2.52 bits per heavy atom. The van der Waals surface area contributed by atoms with Gasteiger partial charge in [-0.05, 0) is 31.4 Å². The Balaban J connectivity index is 2.77. The lowest BCUT2D eigenvalue weighted by atomic mass is 10.1.